The highest BCUT2D eigenvalue weighted by atomic mass is 16.4. The minimum absolute atomic E-state index is 0.00958. The molecule has 0 saturated carbocycles. The average molecular weight is 205 g/mol. The van der Waals surface area contributed by atoms with Gasteiger partial charge in [-0.15, -0.1) is 0 Å². The summed E-state index contributed by atoms with van der Waals surface area (Å²) in [6.45, 7) is 4.22. The Bertz CT molecular complexity index is 424. The molecule has 80 valence electrons. The molecule has 0 saturated heterocycles. The first-order chi connectivity index (χ1) is 6.92. The van der Waals surface area contributed by atoms with Crippen molar-refractivity contribution in [2.45, 2.75) is 26.3 Å². The molecule has 0 aliphatic heterocycles. The summed E-state index contributed by atoms with van der Waals surface area (Å²) in [5.74, 6) is -0.879. The van der Waals surface area contributed by atoms with Gasteiger partial charge in [-0.3, -0.25) is 0 Å². The van der Waals surface area contributed by atoms with Crippen LogP contribution in [0.4, 0.5) is 0 Å². The number of carboxylic acid groups (broad SMARTS) is 1. The summed E-state index contributed by atoms with van der Waals surface area (Å²) in [6, 6.07) is 5.22. The Balaban J connectivity index is 2.47. The number of rotatable bonds is 1. The van der Waals surface area contributed by atoms with E-state index in [4.69, 9.17) is 10.8 Å². The van der Waals surface area contributed by atoms with Crippen LogP contribution in [0.25, 0.3) is 0 Å². The third kappa shape index (κ3) is 1.53. The molecule has 0 radical (unpaired) electrons. The van der Waals surface area contributed by atoms with E-state index in [1.807, 2.05) is 6.07 Å². The van der Waals surface area contributed by atoms with Crippen LogP contribution in [0.1, 0.15) is 41.4 Å². The summed E-state index contributed by atoms with van der Waals surface area (Å²) in [7, 11) is 0. The lowest BCUT2D eigenvalue weighted by Gasteiger charge is -2.23. The fourth-order valence-corrected chi connectivity index (χ4v) is 2.22. The number of fused-ring (bicyclic) bond motifs is 1. The second kappa shape index (κ2) is 3.07. The van der Waals surface area contributed by atoms with E-state index >= 15 is 0 Å². The molecule has 0 fully saturated rings. The molecule has 3 N–H and O–H groups in total. The van der Waals surface area contributed by atoms with E-state index in [-0.39, 0.29) is 11.5 Å². The first-order valence-electron chi connectivity index (χ1n) is 5.03. The van der Waals surface area contributed by atoms with Crippen LogP contribution in [0.3, 0.4) is 0 Å². The van der Waals surface area contributed by atoms with Gasteiger partial charge in [0, 0.05) is 6.04 Å². The Hall–Kier alpha value is -1.35. The summed E-state index contributed by atoms with van der Waals surface area (Å²) in [5, 5.41) is 8.88. The van der Waals surface area contributed by atoms with Crippen LogP contribution in [0.15, 0.2) is 18.2 Å². The molecule has 3 heteroatoms. The van der Waals surface area contributed by atoms with E-state index in [0.717, 1.165) is 17.5 Å². The SMILES string of the molecule is CC1(C)Cc2cc(C(=O)O)ccc2C1N. The van der Waals surface area contributed by atoms with E-state index in [2.05, 4.69) is 13.8 Å². The van der Waals surface area contributed by atoms with Crippen molar-refractivity contribution >= 4 is 5.97 Å². The van der Waals surface area contributed by atoms with Gasteiger partial charge in [0.05, 0.1) is 5.56 Å². The third-order valence-electron chi connectivity index (χ3n) is 3.21. The van der Waals surface area contributed by atoms with Crippen LogP contribution in [-0.4, -0.2) is 11.1 Å². The number of hydrogen-bond acceptors (Lipinski definition) is 2. The topological polar surface area (TPSA) is 63.3 Å². The summed E-state index contributed by atoms with van der Waals surface area (Å²) in [4.78, 5) is 10.8. The normalized spacial score (nSPS) is 22.5. The molecule has 1 aliphatic rings. The van der Waals surface area contributed by atoms with Crippen molar-refractivity contribution in [3.05, 3.63) is 34.9 Å². The molecule has 1 aromatic carbocycles. The van der Waals surface area contributed by atoms with Gasteiger partial charge in [-0.2, -0.15) is 0 Å². The minimum atomic E-state index is -0.879. The molecule has 1 unspecified atom stereocenters. The number of carbonyl (C=O) groups is 1. The lowest BCUT2D eigenvalue weighted by atomic mass is 9.86. The summed E-state index contributed by atoms with van der Waals surface area (Å²) in [6.07, 6.45) is 0.852. The molecule has 3 nitrogen and oxygen atoms in total. The molecule has 0 bridgehead atoms. The second-order valence-corrected chi connectivity index (χ2v) is 4.86. The fourth-order valence-electron chi connectivity index (χ4n) is 2.22. The molecule has 15 heavy (non-hydrogen) atoms. The smallest absolute Gasteiger partial charge is 0.335 e. The van der Waals surface area contributed by atoms with Gasteiger partial charge in [0.15, 0.2) is 0 Å². The van der Waals surface area contributed by atoms with Gasteiger partial charge in [-0.25, -0.2) is 4.79 Å². The van der Waals surface area contributed by atoms with Crippen LogP contribution in [0.2, 0.25) is 0 Å². The highest BCUT2D eigenvalue weighted by Crippen LogP contribution is 2.43. The molecule has 0 amide bonds. The Morgan fingerprint density at radius 3 is 2.80 bits per heavy atom. The molecule has 0 aromatic heterocycles. The number of aromatic carboxylic acids is 1. The molecule has 0 spiro atoms. The van der Waals surface area contributed by atoms with Crippen LogP contribution in [0, 0.1) is 5.41 Å². The fraction of sp³-hybridized carbons (Fsp3) is 0.417. The second-order valence-electron chi connectivity index (χ2n) is 4.86. The quantitative estimate of drug-likeness (QED) is 0.736. The summed E-state index contributed by atoms with van der Waals surface area (Å²) in [5.41, 5.74) is 8.64. The van der Waals surface area contributed by atoms with E-state index in [1.165, 1.54) is 0 Å². The van der Waals surface area contributed by atoms with E-state index < -0.39 is 5.97 Å². The van der Waals surface area contributed by atoms with Crippen molar-refractivity contribution in [2.24, 2.45) is 11.1 Å². The maximum absolute atomic E-state index is 10.8. The molecule has 2 rings (SSSR count). The third-order valence-corrected chi connectivity index (χ3v) is 3.21. The van der Waals surface area contributed by atoms with Gasteiger partial charge in [-0.05, 0) is 35.1 Å². The van der Waals surface area contributed by atoms with Crippen molar-refractivity contribution in [2.75, 3.05) is 0 Å². The molecule has 1 atom stereocenters. The van der Waals surface area contributed by atoms with Crippen molar-refractivity contribution in [3.8, 4) is 0 Å². The Labute approximate surface area is 88.9 Å². The zero-order chi connectivity index (χ0) is 11.2. The number of carboxylic acids is 1. The van der Waals surface area contributed by atoms with Gasteiger partial charge in [0.2, 0.25) is 0 Å². The number of nitrogens with two attached hydrogens (primary N) is 1. The van der Waals surface area contributed by atoms with E-state index in [9.17, 15) is 4.79 Å². The lowest BCUT2D eigenvalue weighted by Crippen LogP contribution is -2.24. The van der Waals surface area contributed by atoms with E-state index in [1.54, 1.807) is 12.1 Å². The van der Waals surface area contributed by atoms with Crippen LogP contribution >= 0.6 is 0 Å². The number of benzene rings is 1. The van der Waals surface area contributed by atoms with Gasteiger partial charge in [-0.1, -0.05) is 19.9 Å². The monoisotopic (exact) mass is 205 g/mol. The highest BCUT2D eigenvalue weighted by molar-refractivity contribution is 5.88. The van der Waals surface area contributed by atoms with Gasteiger partial charge < -0.3 is 10.8 Å². The Morgan fingerprint density at radius 1 is 1.53 bits per heavy atom. The molecular weight excluding hydrogens is 190 g/mol. The van der Waals surface area contributed by atoms with Gasteiger partial charge in [0.1, 0.15) is 0 Å². The maximum Gasteiger partial charge on any atom is 0.335 e. The van der Waals surface area contributed by atoms with Crippen LogP contribution in [0.5, 0.6) is 0 Å². The zero-order valence-electron chi connectivity index (χ0n) is 8.95. The van der Waals surface area contributed by atoms with Crippen molar-refractivity contribution in [1.82, 2.24) is 0 Å². The first kappa shape index (κ1) is 10.2. The van der Waals surface area contributed by atoms with Crippen molar-refractivity contribution < 1.29 is 9.90 Å². The molecule has 0 heterocycles. The first-order valence-corrected chi connectivity index (χ1v) is 5.03. The molecule has 1 aliphatic carbocycles. The van der Waals surface area contributed by atoms with Crippen molar-refractivity contribution in [3.63, 3.8) is 0 Å². The zero-order valence-corrected chi connectivity index (χ0v) is 8.95. The Morgan fingerprint density at radius 2 is 2.20 bits per heavy atom. The van der Waals surface area contributed by atoms with E-state index in [0.29, 0.717) is 5.56 Å². The van der Waals surface area contributed by atoms with Gasteiger partial charge >= 0.3 is 5.97 Å². The van der Waals surface area contributed by atoms with Gasteiger partial charge in [0.25, 0.3) is 0 Å². The largest absolute Gasteiger partial charge is 0.478 e. The predicted octanol–water partition coefficient (Wildman–Crippen LogP) is 1.97. The van der Waals surface area contributed by atoms with Crippen LogP contribution < -0.4 is 5.73 Å². The van der Waals surface area contributed by atoms with Crippen LogP contribution in [-0.2, 0) is 6.42 Å². The average Bonchev–Trinajstić information content (AvgIpc) is 2.37. The lowest BCUT2D eigenvalue weighted by molar-refractivity contribution is 0.0696. The standard InChI is InChI=1S/C12H15NO2/c1-12(2)6-8-5-7(11(14)15)3-4-9(8)10(12)13/h3-5,10H,6,13H2,1-2H3,(H,14,15). The predicted molar refractivity (Wildman–Crippen MR) is 57.8 cm³/mol. The summed E-state index contributed by atoms with van der Waals surface area (Å²) >= 11 is 0. The number of hydrogen-bond donors (Lipinski definition) is 2. The summed E-state index contributed by atoms with van der Waals surface area (Å²) < 4.78 is 0. The highest BCUT2D eigenvalue weighted by Gasteiger charge is 2.36. The Kier molecular flexibility index (Phi) is 2.08. The minimum Gasteiger partial charge on any atom is -0.478 e. The van der Waals surface area contributed by atoms with Crippen molar-refractivity contribution in [1.29, 1.82) is 0 Å². The maximum atomic E-state index is 10.8. The molecular formula is C12H15NO2. The molecule has 1 aromatic rings.